The van der Waals surface area contributed by atoms with Gasteiger partial charge in [-0.15, -0.1) is 11.3 Å². The van der Waals surface area contributed by atoms with Gasteiger partial charge in [0.25, 0.3) is 0 Å². The van der Waals surface area contributed by atoms with Crippen LogP contribution in [-0.4, -0.2) is 4.57 Å². The first-order valence-electron chi connectivity index (χ1n) is 24.2. The summed E-state index contributed by atoms with van der Waals surface area (Å²) in [6, 6.07) is 94.9. The highest BCUT2D eigenvalue weighted by Crippen LogP contribution is 2.63. The summed E-state index contributed by atoms with van der Waals surface area (Å²) in [5.74, 6) is 0. The fraction of sp³-hybridized carbons (Fsp3) is 0.0149. The molecule has 0 aliphatic heterocycles. The second kappa shape index (κ2) is 15.1. The van der Waals surface area contributed by atoms with Crippen LogP contribution >= 0.6 is 11.3 Å². The summed E-state index contributed by atoms with van der Waals surface area (Å²) in [6.45, 7) is 0. The second-order valence-corrected chi connectivity index (χ2v) is 19.8. The first kappa shape index (κ1) is 39.3. The first-order chi connectivity index (χ1) is 34.7. The van der Waals surface area contributed by atoms with Crippen LogP contribution in [0.3, 0.4) is 0 Å². The van der Waals surface area contributed by atoms with Crippen LogP contribution in [0.25, 0.3) is 92.2 Å². The Balaban J connectivity index is 0.948. The van der Waals surface area contributed by atoms with Gasteiger partial charge in [0, 0.05) is 53.6 Å². The van der Waals surface area contributed by atoms with Crippen LogP contribution in [0.15, 0.2) is 255 Å². The number of anilines is 3. The molecule has 0 atom stereocenters. The number of thiophene rings is 1. The van der Waals surface area contributed by atoms with Crippen LogP contribution in [0.2, 0.25) is 0 Å². The van der Waals surface area contributed by atoms with Crippen molar-refractivity contribution < 1.29 is 0 Å². The third-order valence-electron chi connectivity index (χ3n) is 15.2. The van der Waals surface area contributed by atoms with Crippen molar-refractivity contribution in [3.05, 3.63) is 277 Å². The van der Waals surface area contributed by atoms with Gasteiger partial charge in [-0.2, -0.15) is 0 Å². The second-order valence-electron chi connectivity index (χ2n) is 18.7. The van der Waals surface area contributed by atoms with Crippen LogP contribution in [-0.2, 0) is 5.41 Å². The molecule has 13 aromatic rings. The molecule has 11 aromatic carbocycles. The van der Waals surface area contributed by atoms with E-state index in [0.29, 0.717) is 0 Å². The normalized spacial score (nSPS) is 13.0. The third-order valence-corrected chi connectivity index (χ3v) is 16.4. The molecular formula is C67H42N2S. The molecule has 0 fully saturated rings. The van der Waals surface area contributed by atoms with Crippen LogP contribution < -0.4 is 4.90 Å². The number of rotatable bonds is 6. The summed E-state index contributed by atoms with van der Waals surface area (Å²) in [7, 11) is 0. The predicted molar refractivity (Wildman–Crippen MR) is 296 cm³/mol. The van der Waals surface area contributed by atoms with E-state index in [1.165, 1.54) is 109 Å². The van der Waals surface area contributed by atoms with Crippen molar-refractivity contribution in [2.75, 3.05) is 4.90 Å². The molecule has 2 aliphatic carbocycles. The van der Waals surface area contributed by atoms with Gasteiger partial charge in [-0.25, -0.2) is 0 Å². The lowest BCUT2D eigenvalue weighted by Gasteiger charge is -2.32. The summed E-state index contributed by atoms with van der Waals surface area (Å²) >= 11 is 1.86. The van der Waals surface area contributed by atoms with Gasteiger partial charge in [-0.05, 0) is 140 Å². The molecule has 0 bridgehead atoms. The summed E-state index contributed by atoms with van der Waals surface area (Å²) in [5, 5.41) is 5.08. The molecule has 1 spiro atoms. The number of benzene rings is 11. The quantitative estimate of drug-likeness (QED) is 0.161. The maximum Gasteiger partial charge on any atom is 0.0726 e. The summed E-state index contributed by atoms with van der Waals surface area (Å²) in [6.07, 6.45) is 0. The molecule has 2 aromatic heterocycles. The topological polar surface area (TPSA) is 8.17 Å². The fourth-order valence-electron chi connectivity index (χ4n) is 12.3. The highest BCUT2D eigenvalue weighted by molar-refractivity contribution is 7.25. The SMILES string of the molecule is c1ccc(-c2ccc3c(c2)c2ccccc2n3-c2ccc(N(c3ccc4c(c3)C3(c5ccccc5-c5ccccc53)c3ccccc3-4)c3ccccc3-c3ccc4sc5ccccc5c4c3)cc2)cc1. The van der Waals surface area contributed by atoms with Crippen molar-refractivity contribution in [3.63, 3.8) is 0 Å². The van der Waals surface area contributed by atoms with Crippen LogP contribution in [0.5, 0.6) is 0 Å². The van der Waals surface area contributed by atoms with E-state index in [0.717, 1.165) is 22.7 Å². The van der Waals surface area contributed by atoms with E-state index in [9.17, 15) is 0 Å². The Bertz CT molecular complexity index is 4190. The zero-order valence-corrected chi connectivity index (χ0v) is 38.9. The molecule has 326 valence electrons. The molecule has 0 radical (unpaired) electrons. The molecule has 0 N–H and O–H groups in total. The van der Waals surface area contributed by atoms with Crippen LogP contribution in [0, 0.1) is 0 Å². The molecule has 3 heteroatoms. The molecule has 70 heavy (non-hydrogen) atoms. The number of hydrogen-bond donors (Lipinski definition) is 0. The van der Waals surface area contributed by atoms with Gasteiger partial charge in [0.1, 0.15) is 0 Å². The van der Waals surface area contributed by atoms with E-state index in [4.69, 9.17) is 0 Å². The van der Waals surface area contributed by atoms with Crippen LogP contribution in [0.1, 0.15) is 22.3 Å². The lowest BCUT2D eigenvalue weighted by Crippen LogP contribution is -2.26. The molecule has 2 aliphatic rings. The minimum absolute atomic E-state index is 0.466. The largest absolute Gasteiger partial charge is 0.310 e. The average molecular weight is 907 g/mol. The molecule has 2 nitrogen and oxygen atoms in total. The number of nitrogens with zero attached hydrogens (tertiary/aromatic N) is 2. The lowest BCUT2D eigenvalue weighted by atomic mass is 9.70. The number of hydrogen-bond acceptors (Lipinski definition) is 2. The van der Waals surface area contributed by atoms with Gasteiger partial charge in [0.05, 0.1) is 22.1 Å². The van der Waals surface area contributed by atoms with E-state index in [1.54, 1.807) is 0 Å². The van der Waals surface area contributed by atoms with Gasteiger partial charge in [-0.1, -0.05) is 176 Å². The van der Waals surface area contributed by atoms with Gasteiger partial charge in [0.15, 0.2) is 0 Å². The smallest absolute Gasteiger partial charge is 0.0726 e. The van der Waals surface area contributed by atoms with Crippen molar-refractivity contribution >= 4 is 70.4 Å². The molecule has 0 amide bonds. The first-order valence-corrected chi connectivity index (χ1v) is 25.0. The van der Waals surface area contributed by atoms with Gasteiger partial charge < -0.3 is 9.47 Å². The van der Waals surface area contributed by atoms with Gasteiger partial charge in [-0.3, -0.25) is 0 Å². The van der Waals surface area contributed by atoms with Crippen molar-refractivity contribution in [2.24, 2.45) is 0 Å². The van der Waals surface area contributed by atoms with E-state index in [-0.39, 0.29) is 0 Å². The molecule has 2 heterocycles. The minimum atomic E-state index is -0.466. The van der Waals surface area contributed by atoms with E-state index in [2.05, 4.69) is 264 Å². The van der Waals surface area contributed by atoms with Gasteiger partial charge >= 0.3 is 0 Å². The zero-order valence-electron chi connectivity index (χ0n) is 38.1. The Labute approximate surface area is 410 Å². The van der Waals surface area contributed by atoms with E-state index >= 15 is 0 Å². The maximum atomic E-state index is 2.51. The Kier molecular flexibility index (Phi) is 8.48. The highest BCUT2D eigenvalue weighted by atomic mass is 32.1. The number of fused-ring (bicyclic) bond motifs is 16. The Morgan fingerprint density at radius 2 is 0.857 bits per heavy atom. The Morgan fingerprint density at radius 3 is 1.60 bits per heavy atom. The van der Waals surface area contributed by atoms with Crippen LogP contribution in [0.4, 0.5) is 17.1 Å². The monoisotopic (exact) mass is 906 g/mol. The molecule has 0 saturated heterocycles. The van der Waals surface area contributed by atoms with Crippen molar-refractivity contribution in [3.8, 4) is 50.2 Å². The van der Waals surface area contributed by atoms with Crippen molar-refractivity contribution in [1.82, 2.24) is 4.57 Å². The Hall–Kier alpha value is -8.76. The predicted octanol–water partition coefficient (Wildman–Crippen LogP) is 18.3. The minimum Gasteiger partial charge on any atom is -0.310 e. The zero-order chi connectivity index (χ0) is 45.9. The molecule has 0 unspecified atom stereocenters. The Morgan fingerprint density at radius 1 is 0.314 bits per heavy atom. The fourth-order valence-corrected chi connectivity index (χ4v) is 13.4. The highest BCUT2D eigenvalue weighted by Gasteiger charge is 2.51. The average Bonchev–Trinajstić information content (AvgIpc) is 4.16. The number of para-hydroxylation sites is 2. The summed E-state index contributed by atoms with van der Waals surface area (Å²) < 4.78 is 5.04. The van der Waals surface area contributed by atoms with E-state index in [1.807, 2.05) is 11.3 Å². The number of aromatic nitrogens is 1. The molecule has 0 saturated carbocycles. The maximum absolute atomic E-state index is 2.51. The summed E-state index contributed by atoms with van der Waals surface area (Å²) in [5.41, 5.74) is 21.7. The van der Waals surface area contributed by atoms with Crippen molar-refractivity contribution in [1.29, 1.82) is 0 Å². The van der Waals surface area contributed by atoms with Gasteiger partial charge in [0.2, 0.25) is 0 Å². The lowest BCUT2D eigenvalue weighted by molar-refractivity contribution is 0.793. The summed E-state index contributed by atoms with van der Waals surface area (Å²) in [4.78, 5) is 2.50. The molecule has 15 rings (SSSR count). The molecular weight excluding hydrogens is 865 g/mol. The van der Waals surface area contributed by atoms with E-state index < -0.39 is 5.41 Å². The third kappa shape index (κ3) is 5.55. The van der Waals surface area contributed by atoms with Crippen molar-refractivity contribution in [2.45, 2.75) is 5.41 Å². The standard InChI is InChI=1S/C67H42N2S/c1-2-16-43(17-3-1)44-30-38-64-56(40-44)54-22-8-14-28-63(54)69(64)47-34-32-46(33-35-47)68(62-27-13-7-18-49(62)45-31-39-66-57(41-45)55-23-9-15-29-65(55)70-66)48-36-37-53-52-21-6-12-26-60(52)67(61(53)42-48)58-24-10-4-19-50(58)51-20-5-11-25-59(51)67/h1-42H.